The molecule has 8 nitrogen and oxygen atoms in total. The van der Waals surface area contributed by atoms with Gasteiger partial charge in [-0.05, 0) is 54.3 Å². The predicted molar refractivity (Wildman–Crippen MR) is 144 cm³/mol. The summed E-state index contributed by atoms with van der Waals surface area (Å²) >= 11 is 0. The zero-order chi connectivity index (χ0) is 25.6. The van der Waals surface area contributed by atoms with Crippen LogP contribution in [0.15, 0.2) is 96.5 Å². The third kappa shape index (κ3) is 5.54. The molecule has 0 aliphatic carbocycles. The van der Waals surface area contributed by atoms with E-state index in [1.54, 1.807) is 4.90 Å². The smallest absolute Gasteiger partial charge is 0.231 e. The van der Waals surface area contributed by atoms with Gasteiger partial charge in [-0.15, -0.1) is 0 Å². The van der Waals surface area contributed by atoms with E-state index in [2.05, 4.69) is 20.8 Å². The second-order valence-corrected chi connectivity index (χ2v) is 8.82. The fourth-order valence-corrected chi connectivity index (χ4v) is 4.43. The van der Waals surface area contributed by atoms with Gasteiger partial charge in [0.15, 0.2) is 0 Å². The fraction of sp³-hybridized carbons (Fsp3) is 0.138. The summed E-state index contributed by atoms with van der Waals surface area (Å²) in [5, 5.41) is 23.9. The van der Waals surface area contributed by atoms with Crippen LogP contribution in [-0.2, 0) is 16.0 Å². The van der Waals surface area contributed by atoms with Gasteiger partial charge in [0, 0.05) is 23.5 Å². The SMILES string of the molecule is O=CNc1ccc(-c2cc(-c3ccc(N/C(O)=C4/CCCN4C(=O)Cc4ccccc4)cc3)[nH]n2)cc1. The molecular formula is C29H27N5O3. The molecule has 0 spiro atoms. The second-order valence-electron chi connectivity index (χ2n) is 8.82. The van der Waals surface area contributed by atoms with E-state index in [1.807, 2.05) is 84.9 Å². The van der Waals surface area contributed by atoms with Gasteiger partial charge < -0.3 is 20.6 Å². The van der Waals surface area contributed by atoms with Crippen LogP contribution in [0.4, 0.5) is 11.4 Å². The number of likely N-dealkylation sites (tertiary alicyclic amines) is 1. The number of nitrogens with zero attached hydrogens (tertiary/aromatic N) is 2. The van der Waals surface area contributed by atoms with Crippen LogP contribution in [0, 0.1) is 0 Å². The molecule has 0 bridgehead atoms. The molecule has 2 amide bonds. The summed E-state index contributed by atoms with van der Waals surface area (Å²) in [4.78, 5) is 25.1. The third-order valence-corrected chi connectivity index (χ3v) is 6.34. The van der Waals surface area contributed by atoms with Crippen molar-refractivity contribution in [2.75, 3.05) is 17.2 Å². The van der Waals surface area contributed by atoms with Crippen molar-refractivity contribution in [3.8, 4) is 22.5 Å². The molecule has 0 atom stereocenters. The predicted octanol–water partition coefficient (Wildman–Crippen LogP) is 5.32. The Labute approximate surface area is 214 Å². The maximum Gasteiger partial charge on any atom is 0.231 e. The summed E-state index contributed by atoms with van der Waals surface area (Å²) < 4.78 is 0. The summed E-state index contributed by atoms with van der Waals surface area (Å²) in [6.45, 7) is 0.601. The zero-order valence-corrected chi connectivity index (χ0v) is 20.1. The van der Waals surface area contributed by atoms with Crippen LogP contribution in [0.5, 0.6) is 0 Å². The van der Waals surface area contributed by atoms with Crippen molar-refractivity contribution in [2.24, 2.45) is 0 Å². The Morgan fingerprint density at radius 1 is 0.973 bits per heavy atom. The molecule has 37 heavy (non-hydrogen) atoms. The van der Waals surface area contributed by atoms with Crippen molar-refractivity contribution in [3.05, 3.63) is 102 Å². The van der Waals surface area contributed by atoms with Gasteiger partial charge in [0.25, 0.3) is 0 Å². The summed E-state index contributed by atoms with van der Waals surface area (Å²) in [5.74, 6) is -0.0184. The molecule has 4 aromatic rings. The number of amides is 2. The highest BCUT2D eigenvalue weighted by atomic mass is 16.3. The number of aliphatic hydroxyl groups is 1. The number of H-pyrrole nitrogens is 1. The molecule has 3 aromatic carbocycles. The fourth-order valence-electron chi connectivity index (χ4n) is 4.43. The van der Waals surface area contributed by atoms with E-state index in [4.69, 9.17) is 0 Å². The molecule has 0 saturated carbocycles. The number of allylic oxidation sites excluding steroid dienone is 1. The molecule has 1 saturated heterocycles. The first-order valence-corrected chi connectivity index (χ1v) is 12.1. The molecule has 1 fully saturated rings. The molecule has 8 heteroatoms. The number of aromatic nitrogens is 2. The Bertz CT molecular complexity index is 1410. The van der Waals surface area contributed by atoms with Crippen molar-refractivity contribution in [1.82, 2.24) is 15.1 Å². The number of carbonyl (C=O) groups is 2. The number of hydrogen-bond acceptors (Lipinski definition) is 5. The average Bonchev–Trinajstić information content (AvgIpc) is 3.61. The van der Waals surface area contributed by atoms with Crippen molar-refractivity contribution < 1.29 is 14.7 Å². The minimum Gasteiger partial charge on any atom is -0.493 e. The first-order chi connectivity index (χ1) is 18.1. The lowest BCUT2D eigenvalue weighted by Crippen LogP contribution is -2.29. The topological polar surface area (TPSA) is 110 Å². The van der Waals surface area contributed by atoms with Crippen LogP contribution < -0.4 is 10.6 Å². The molecular weight excluding hydrogens is 466 g/mol. The largest absolute Gasteiger partial charge is 0.493 e. The normalized spacial score (nSPS) is 14.3. The third-order valence-electron chi connectivity index (χ3n) is 6.34. The number of rotatable bonds is 8. The number of carbonyl (C=O) groups excluding carboxylic acids is 2. The lowest BCUT2D eigenvalue weighted by molar-refractivity contribution is -0.128. The maximum absolute atomic E-state index is 12.9. The molecule has 1 aliphatic rings. The summed E-state index contributed by atoms with van der Waals surface area (Å²) in [5.41, 5.74) is 6.53. The van der Waals surface area contributed by atoms with Gasteiger partial charge >= 0.3 is 0 Å². The quantitative estimate of drug-likeness (QED) is 0.196. The Hall–Kier alpha value is -4.85. The van der Waals surface area contributed by atoms with Gasteiger partial charge in [-0.25, -0.2) is 0 Å². The van der Waals surface area contributed by atoms with Crippen LogP contribution in [0.1, 0.15) is 18.4 Å². The Morgan fingerprint density at radius 3 is 2.41 bits per heavy atom. The van der Waals surface area contributed by atoms with Crippen LogP contribution >= 0.6 is 0 Å². The highest BCUT2D eigenvalue weighted by Gasteiger charge is 2.26. The maximum atomic E-state index is 12.9. The van der Waals surface area contributed by atoms with E-state index in [0.717, 1.165) is 40.2 Å². The summed E-state index contributed by atoms with van der Waals surface area (Å²) in [6.07, 6.45) is 2.41. The Morgan fingerprint density at radius 2 is 1.68 bits per heavy atom. The van der Waals surface area contributed by atoms with Crippen LogP contribution in [-0.4, -0.2) is 39.1 Å². The standard InChI is InChI=1S/C29H27N5O3/c35-19-30-23-12-8-21(9-13-23)25-18-26(33-32-25)22-10-14-24(15-11-22)31-29(37)27-7-4-16-34(27)28(36)17-20-5-2-1-3-6-20/h1-3,5-6,8-15,18-19,31,37H,4,7,16-17H2,(H,30,35)(H,32,33)/b29-27+. The van der Waals surface area contributed by atoms with Crippen molar-refractivity contribution in [1.29, 1.82) is 0 Å². The highest BCUT2D eigenvalue weighted by molar-refractivity contribution is 5.81. The number of anilines is 2. The highest BCUT2D eigenvalue weighted by Crippen LogP contribution is 2.28. The average molecular weight is 494 g/mol. The lowest BCUT2D eigenvalue weighted by atomic mass is 10.1. The minimum absolute atomic E-state index is 0.00278. The monoisotopic (exact) mass is 493 g/mol. The summed E-state index contributed by atoms with van der Waals surface area (Å²) in [6, 6.07) is 26.6. The van der Waals surface area contributed by atoms with Gasteiger partial charge in [-0.1, -0.05) is 54.6 Å². The lowest BCUT2D eigenvalue weighted by Gasteiger charge is -2.20. The first-order valence-electron chi connectivity index (χ1n) is 12.1. The van der Waals surface area contributed by atoms with Gasteiger partial charge in [0.1, 0.15) is 0 Å². The van der Waals surface area contributed by atoms with Crippen molar-refractivity contribution in [3.63, 3.8) is 0 Å². The zero-order valence-electron chi connectivity index (χ0n) is 20.1. The van der Waals surface area contributed by atoms with Crippen LogP contribution in [0.3, 0.4) is 0 Å². The van der Waals surface area contributed by atoms with E-state index in [1.165, 1.54) is 0 Å². The van der Waals surface area contributed by atoms with E-state index in [9.17, 15) is 14.7 Å². The van der Waals surface area contributed by atoms with Gasteiger partial charge in [-0.2, -0.15) is 5.10 Å². The molecule has 1 aromatic heterocycles. The van der Waals surface area contributed by atoms with Gasteiger partial charge in [0.05, 0.1) is 23.5 Å². The van der Waals surface area contributed by atoms with Crippen molar-refractivity contribution in [2.45, 2.75) is 19.3 Å². The van der Waals surface area contributed by atoms with Crippen LogP contribution in [0.25, 0.3) is 22.5 Å². The molecule has 5 rings (SSSR count). The summed E-state index contributed by atoms with van der Waals surface area (Å²) in [7, 11) is 0. The van der Waals surface area contributed by atoms with E-state index < -0.39 is 0 Å². The second kappa shape index (κ2) is 10.8. The number of benzene rings is 3. The van der Waals surface area contributed by atoms with E-state index >= 15 is 0 Å². The Kier molecular flexibility index (Phi) is 6.98. The van der Waals surface area contributed by atoms with Gasteiger partial charge in [-0.3, -0.25) is 14.7 Å². The molecule has 1 aliphatic heterocycles. The number of hydrogen-bond donors (Lipinski definition) is 4. The molecule has 186 valence electrons. The first kappa shape index (κ1) is 23.9. The van der Waals surface area contributed by atoms with Crippen molar-refractivity contribution >= 4 is 23.7 Å². The molecule has 2 heterocycles. The number of aliphatic hydroxyl groups excluding tert-OH is 1. The van der Waals surface area contributed by atoms with E-state index in [0.29, 0.717) is 37.2 Å². The number of aromatic amines is 1. The van der Waals surface area contributed by atoms with E-state index in [-0.39, 0.29) is 11.8 Å². The van der Waals surface area contributed by atoms with Gasteiger partial charge in [0.2, 0.25) is 18.2 Å². The molecule has 0 radical (unpaired) electrons. The Balaban J connectivity index is 1.26. The minimum atomic E-state index is -0.0212. The molecule has 4 N–H and O–H groups in total. The number of nitrogens with one attached hydrogen (secondary N) is 3. The van der Waals surface area contributed by atoms with Crippen LogP contribution in [0.2, 0.25) is 0 Å². The molecule has 0 unspecified atom stereocenters.